The number of hydrogen-bond donors (Lipinski definition) is 0. The fourth-order valence-corrected chi connectivity index (χ4v) is 4.99. The third-order valence-corrected chi connectivity index (χ3v) is 5.81. The minimum Gasteiger partial charge on any atom is -0.211 e. The maximum atomic E-state index is 10.8. The lowest BCUT2D eigenvalue weighted by molar-refractivity contribution is 0.00878. The molecule has 4 unspecified atom stereocenters. The normalized spacial score (nSPS) is 32.6. The van der Waals surface area contributed by atoms with Gasteiger partial charge in [0.15, 0.2) is 0 Å². The average molecular weight is 304 g/mol. The van der Waals surface area contributed by atoms with Crippen LogP contribution in [0.3, 0.4) is 0 Å². The molecule has 3 rings (SSSR count). The molecule has 122 valence electrons. The van der Waals surface area contributed by atoms with Crippen LogP contribution in [0.4, 0.5) is 0 Å². The zero-order valence-corrected chi connectivity index (χ0v) is 13.8. The van der Waals surface area contributed by atoms with Crippen LogP contribution in [0.5, 0.6) is 0 Å². The molecule has 0 heterocycles. The largest absolute Gasteiger partial charge is 0.235 e. The standard InChI is InChI=1S/C18H28N2O2/c1-3-5-17(19-11-21)15-9-13-7-8-14(15)16(10-13)18(6-4-2)20-12-22/h13-18H,3-10H2,1-2H3. The summed E-state index contributed by atoms with van der Waals surface area (Å²) in [6.07, 6.45) is 12.4. The lowest BCUT2D eigenvalue weighted by atomic mass is 9.55. The van der Waals surface area contributed by atoms with Crippen molar-refractivity contribution in [2.75, 3.05) is 0 Å². The lowest BCUT2D eigenvalue weighted by Gasteiger charge is -2.50. The van der Waals surface area contributed by atoms with Gasteiger partial charge in [-0.1, -0.05) is 33.1 Å². The second-order valence-electron chi connectivity index (χ2n) is 7.06. The Balaban J connectivity index is 2.20. The molecule has 3 aliphatic carbocycles. The lowest BCUT2D eigenvalue weighted by Crippen LogP contribution is -2.46. The van der Waals surface area contributed by atoms with Gasteiger partial charge in [0.25, 0.3) is 0 Å². The van der Waals surface area contributed by atoms with Gasteiger partial charge in [0.1, 0.15) is 0 Å². The number of hydrogen-bond acceptors (Lipinski definition) is 4. The van der Waals surface area contributed by atoms with Crippen LogP contribution in [-0.4, -0.2) is 24.2 Å². The molecule has 0 aromatic heterocycles. The van der Waals surface area contributed by atoms with Crippen molar-refractivity contribution in [3.05, 3.63) is 0 Å². The van der Waals surface area contributed by atoms with E-state index in [9.17, 15) is 9.59 Å². The maximum absolute atomic E-state index is 10.8. The van der Waals surface area contributed by atoms with Gasteiger partial charge in [-0.15, -0.1) is 0 Å². The van der Waals surface area contributed by atoms with Gasteiger partial charge in [0.05, 0.1) is 12.1 Å². The molecular formula is C18H28N2O2. The maximum Gasteiger partial charge on any atom is 0.235 e. The first-order valence-corrected chi connectivity index (χ1v) is 8.89. The molecule has 0 radical (unpaired) electrons. The van der Waals surface area contributed by atoms with Gasteiger partial charge in [0, 0.05) is 0 Å². The van der Waals surface area contributed by atoms with Crippen LogP contribution >= 0.6 is 0 Å². The van der Waals surface area contributed by atoms with E-state index in [2.05, 4.69) is 23.8 Å². The summed E-state index contributed by atoms with van der Waals surface area (Å²) in [7, 11) is 0. The summed E-state index contributed by atoms with van der Waals surface area (Å²) >= 11 is 0. The molecule has 0 aliphatic heterocycles. The molecule has 4 heteroatoms. The Morgan fingerprint density at radius 2 is 1.41 bits per heavy atom. The molecule has 3 saturated carbocycles. The zero-order chi connectivity index (χ0) is 15.9. The van der Waals surface area contributed by atoms with Crippen molar-refractivity contribution in [3.63, 3.8) is 0 Å². The van der Waals surface area contributed by atoms with Crippen LogP contribution in [0.1, 0.15) is 65.2 Å². The van der Waals surface area contributed by atoms with Gasteiger partial charge < -0.3 is 0 Å². The first-order chi connectivity index (χ1) is 10.7. The van der Waals surface area contributed by atoms with Crippen LogP contribution < -0.4 is 0 Å². The first-order valence-electron chi connectivity index (χ1n) is 8.89. The van der Waals surface area contributed by atoms with Crippen molar-refractivity contribution < 1.29 is 9.59 Å². The number of carbonyl (C=O) groups excluding carboxylic acids is 2. The predicted molar refractivity (Wildman–Crippen MR) is 86.1 cm³/mol. The van der Waals surface area contributed by atoms with Crippen LogP contribution in [0.2, 0.25) is 0 Å². The quantitative estimate of drug-likeness (QED) is 0.502. The first kappa shape index (κ1) is 17.1. The number of rotatable bonds is 8. The molecule has 0 spiro atoms. The van der Waals surface area contributed by atoms with E-state index in [-0.39, 0.29) is 12.1 Å². The van der Waals surface area contributed by atoms with E-state index in [4.69, 9.17) is 0 Å². The summed E-state index contributed by atoms with van der Waals surface area (Å²) in [6.45, 7) is 4.28. The van der Waals surface area contributed by atoms with E-state index in [1.165, 1.54) is 25.7 Å². The molecule has 3 aliphatic rings. The highest BCUT2D eigenvalue weighted by molar-refractivity contribution is 5.34. The molecule has 0 saturated heterocycles. The molecule has 22 heavy (non-hydrogen) atoms. The van der Waals surface area contributed by atoms with Gasteiger partial charge in [0.2, 0.25) is 12.2 Å². The molecule has 2 bridgehead atoms. The number of isocyanates is 2. The van der Waals surface area contributed by atoms with Crippen molar-refractivity contribution in [2.24, 2.45) is 33.7 Å². The summed E-state index contributed by atoms with van der Waals surface area (Å²) in [5.74, 6) is 2.20. The molecule has 0 N–H and O–H groups in total. The molecule has 4 atom stereocenters. The van der Waals surface area contributed by atoms with E-state index in [1.807, 2.05) is 0 Å². The summed E-state index contributed by atoms with van der Waals surface area (Å²) in [5.41, 5.74) is 0. The SMILES string of the molecule is CCCC(N=C=O)C1CC2CCC1C(C(CCC)N=C=O)C2. The van der Waals surface area contributed by atoms with Crippen molar-refractivity contribution in [3.8, 4) is 0 Å². The summed E-state index contributed by atoms with van der Waals surface area (Å²) in [4.78, 5) is 29.9. The van der Waals surface area contributed by atoms with E-state index >= 15 is 0 Å². The Kier molecular flexibility index (Phi) is 6.54. The fourth-order valence-electron chi connectivity index (χ4n) is 4.99. The van der Waals surface area contributed by atoms with Crippen molar-refractivity contribution >= 4 is 12.2 Å². The monoisotopic (exact) mass is 304 g/mol. The van der Waals surface area contributed by atoms with Crippen molar-refractivity contribution in [1.29, 1.82) is 0 Å². The highest BCUT2D eigenvalue weighted by Gasteiger charge is 2.47. The number of aliphatic imine (C=N–C) groups is 2. The topological polar surface area (TPSA) is 58.9 Å². The summed E-state index contributed by atoms with van der Waals surface area (Å²) in [6, 6.07) is 0.223. The molecular weight excluding hydrogens is 276 g/mol. The molecule has 3 fully saturated rings. The zero-order valence-electron chi connectivity index (χ0n) is 13.8. The van der Waals surface area contributed by atoms with Crippen molar-refractivity contribution in [1.82, 2.24) is 0 Å². The van der Waals surface area contributed by atoms with E-state index in [1.54, 1.807) is 12.2 Å². The molecule has 0 aromatic rings. The Morgan fingerprint density at radius 3 is 1.77 bits per heavy atom. The number of nitrogens with zero attached hydrogens (tertiary/aromatic N) is 2. The van der Waals surface area contributed by atoms with Crippen LogP contribution in [0.25, 0.3) is 0 Å². The third-order valence-electron chi connectivity index (χ3n) is 5.81. The van der Waals surface area contributed by atoms with E-state index < -0.39 is 0 Å². The third kappa shape index (κ3) is 3.74. The molecule has 0 amide bonds. The van der Waals surface area contributed by atoms with E-state index in [0.717, 1.165) is 25.7 Å². The minimum atomic E-state index is 0.112. The van der Waals surface area contributed by atoms with Gasteiger partial charge in [-0.3, -0.25) is 0 Å². The minimum absolute atomic E-state index is 0.112. The summed E-state index contributed by atoms with van der Waals surface area (Å²) in [5, 5.41) is 0. The average Bonchev–Trinajstić information content (AvgIpc) is 2.55. The Morgan fingerprint density at radius 1 is 0.909 bits per heavy atom. The van der Waals surface area contributed by atoms with Crippen LogP contribution in [0, 0.1) is 23.7 Å². The molecule has 0 aromatic carbocycles. The van der Waals surface area contributed by atoms with Gasteiger partial charge >= 0.3 is 0 Å². The second kappa shape index (κ2) is 8.41. The second-order valence-corrected chi connectivity index (χ2v) is 7.06. The summed E-state index contributed by atoms with van der Waals surface area (Å²) < 4.78 is 0. The van der Waals surface area contributed by atoms with Gasteiger partial charge in [-0.25, -0.2) is 19.6 Å². The van der Waals surface area contributed by atoms with Gasteiger partial charge in [-0.2, -0.15) is 0 Å². The highest BCUT2D eigenvalue weighted by atomic mass is 16.1. The van der Waals surface area contributed by atoms with Gasteiger partial charge in [-0.05, 0) is 55.8 Å². The van der Waals surface area contributed by atoms with Crippen LogP contribution in [-0.2, 0) is 9.59 Å². The Labute approximate surface area is 133 Å². The van der Waals surface area contributed by atoms with Crippen LogP contribution in [0.15, 0.2) is 9.98 Å². The Hall–Kier alpha value is -1.24. The predicted octanol–water partition coefficient (Wildman–Crippen LogP) is 4.05. The van der Waals surface area contributed by atoms with E-state index in [0.29, 0.717) is 23.7 Å². The smallest absolute Gasteiger partial charge is 0.211 e. The Bertz CT molecular complexity index is 414. The van der Waals surface area contributed by atoms with Crippen molar-refractivity contribution in [2.45, 2.75) is 77.3 Å². The molecule has 4 nitrogen and oxygen atoms in total. The number of fused-ring (bicyclic) bond motifs is 3. The highest BCUT2D eigenvalue weighted by Crippen LogP contribution is 2.52. The fraction of sp³-hybridized carbons (Fsp3) is 0.889.